The van der Waals surface area contributed by atoms with Gasteiger partial charge in [0.15, 0.2) is 0 Å². The summed E-state index contributed by atoms with van der Waals surface area (Å²) in [5.41, 5.74) is 10.9. The lowest BCUT2D eigenvalue weighted by Gasteiger charge is -2.27. The fraction of sp³-hybridized carbons (Fsp3) is 0. The second-order valence-corrected chi connectivity index (χ2v) is 11.4. The SMILES string of the molecule is c1ccc(N(c2ccccc2)c2ccc(-c3ccc4oc5ccccc5c4c3)c3c2c2ccccc2n3-c2ccccc2)cc1. The van der Waals surface area contributed by atoms with Crippen LogP contribution in [0.4, 0.5) is 17.1 Å². The van der Waals surface area contributed by atoms with Crippen LogP contribution >= 0.6 is 0 Å². The summed E-state index contributed by atoms with van der Waals surface area (Å²) in [6, 6.07) is 60.2. The minimum absolute atomic E-state index is 0.899. The first-order chi connectivity index (χ1) is 22.3. The predicted octanol–water partition coefficient (Wildman–Crippen LogP) is 11.8. The number of hydrogen-bond acceptors (Lipinski definition) is 2. The van der Waals surface area contributed by atoms with Crippen LogP contribution < -0.4 is 4.90 Å². The number of fused-ring (bicyclic) bond motifs is 6. The minimum atomic E-state index is 0.899. The maximum Gasteiger partial charge on any atom is 0.135 e. The molecule has 0 aliphatic carbocycles. The summed E-state index contributed by atoms with van der Waals surface area (Å²) >= 11 is 0. The van der Waals surface area contributed by atoms with Gasteiger partial charge in [-0.1, -0.05) is 103 Å². The van der Waals surface area contributed by atoms with Crippen molar-refractivity contribution in [3.8, 4) is 16.8 Å². The normalized spacial score (nSPS) is 11.6. The van der Waals surface area contributed by atoms with Crippen LogP contribution in [0.25, 0.3) is 60.6 Å². The lowest BCUT2D eigenvalue weighted by atomic mass is 9.98. The molecule has 0 aliphatic rings. The van der Waals surface area contributed by atoms with Crippen molar-refractivity contribution in [2.75, 3.05) is 4.90 Å². The topological polar surface area (TPSA) is 21.3 Å². The third kappa shape index (κ3) is 4.05. The van der Waals surface area contributed by atoms with Gasteiger partial charge in [-0.2, -0.15) is 0 Å². The molecule has 212 valence electrons. The minimum Gasteiger partial charge on any atom is -0.456 e. The number of para-hydroxylation sites is 5. The molecule has 0 radical (unpaired) electrons. The van der Waals surface area contributed by atoms with Crippen molar-refractivity contribution in [1.82, 2.24) is 4.57 Å². The standard InChI is InChI=1S/C42H28N2O/c1-4-14-30(15-5-1)43(31-16-6-2-7-17-31)38-26-25-33(29-24-27-40-36(28-29)34-20-11-13-23-39(34)45-40)42-41(38)35-21-10-12-22-37(35)44(42)32-18-8-3-9-19-32/h1-28H. The van der Waals surface area contributed by atoms with Gasteiger partial charge in [0.05, 0.1) is 16.7 Å². The van der Waals surface area contributed by atoms with Crippen LogP contribution in [0, 0.1) is 0 Å². The Hall–Kier alpha value is -6.06. The molecule has 0 atom stereocenters. The van der Waals surface area contributed by atoms with E-state index in [1.807, 2.05) is 12.1 Å². The molecule has 7 aromatic carbocycles. The Morgan fingerprint density at radius 1 is 0.467 bits per heavy atom. The molecule has 0 bridgehead atoms. The highest BCUT2D eigenvalue weighted by Crippen LogP contribution is 2.47. The van der Waals surface area contributed by atoms with Gasteiger partial charge < -0.3 is 13.9 Å². The van der Waals surface area contributed by atoms with Gasteiger partial charge in [0.2, 0.25) is 0 Å². The zero-order valence-electron chi connectivity index (χ0n) is 24.5. The average Bonchev–Trinajstić information content (AvgIpc) is 3.66. The zero-order valence-corrected chi connectivity index (χ0v) is 24.5. The summed E-state index contributed by atoms with van der Waals surface area (Å²) in [6.45, 7) is 0. The van der Waals surface area contributed by atoms with E-state index in [0.29, 0.717) is 0 Å². The maximum atomic E-state index is 6.21. The van der Waals surface area contributed by atoms with Crippen molar-refractivity contribution < 1.29 is 4.42 Å². The van der Waals surface area contributed by atoms with Gasteiger partial charge in [-0.3, -0.25) is 0 Å². The molecule has 9 aromatic rings. The van der Waals surface area contributed by atoms with Crippen LogP contribution in [-0.2, 0) is 0 Å². The monoisotopic (exact) mass is 576 g/mol. The van der Waals surface area contributed by atoms with E-state index >= 15 is 0 Å². The van der Waals surface area contributed by atoms with Gasteiger partial charge in [0, 0.05) is 44.2 Å². The van der Waals surface area contributed by atoms with Gasteiger partial charge in [-0.15, -0.1) is 0 Å². The summed E-state index contributed by atoms with van der Waals surface area (Å²) < 4.78 is 8.63. The van der Waals surface area contributed by atoms with Crippen LogP contribution in [-0.4, -0.2) is 4.57 Å². The molecule has 45 heavy (non-hydrogen) atoms. The fourth-order valence-electron chi connectivity index (χ4n) is 6.82. The van der Waals surface area contributed by atoms with Gasteiger partial charge in [-0.25, -0.2) is 0 Å². The average molecular weight is 577 g/mol. The van der Waals surface area contributed by atoms with Crippen molar-refractivity contribution in [2.24, 2.45) is 0 Å². The number of nitrogens with zero attached hydrogens (tertiary/aromatic N) is 2. The van der Waals surface area contributed by atoms with Gasteiger partial charge in [0.1, 0.15) is 11.2 Å². The first-order valence-electron chi connectivity index (χ1n) is 15.3. The van der Waals surface area contributed by atoms with Crippen molar-refractivity contribution in [3.05, 3.63) is 170 Å². The summed E-state index contributed by atoms with van der Waals surface area (Å²) in [5.74, 6) is 0. The number of hydrogen-bond donors (Lipinski definition) is 0. The van der Waals surface area contributed by atoms with Crippen molar-refractivity contribution in [1.29, 1.82) is 0 Å². The molecule has 0 N–H and O–H groups in total. The van der Waals surface area contributed by atoms with E-state index in [-0.39, 0.29) is 0 Å². The Labute approximate surface area is 260 Å². The summed E-state index contributed by atoms with van der Waals surface area (Å²) in [6.07, 6.45) is 0. The number of aromatic nitrogens is 1. The number of benzene rings is 7. The summed E-state index contributed by atoms with van der Waals surface area (Å²) in [4.78, 5) is 2.38. The van der Waals surface area contributed by atoms with Gasteiger partial charge in [-0.05, 0) is 72.3 Å². The molecule has 0 fully saturated rings. The Balaban J connectivity index is 1.42. The Kier molecular flexibility index (Phi) is 5.82. The van der Waals surface area contributed by atoms with Crippen molar-refractivity contribution in [2.45, 2.75) is 0 Å². The Morgan fingerprint density at radius 2 is 1.07 bits per heavy atom. The molecule has 0 spiro atoms. The van der Waals surface area contributed by atoms with Crippen molar-refractivity contribution in [3.63, 3.8) is 0 Å². The smallest absolute Gasteiger partial charge is 0.135 e. The largest absolute Gasteiger partial charge is 0.456 e. The maximum absolute atomic E-state index is 6.21. The quantitative estimate of drug-likeness (QED) is 0.203. The van der Waals surface area contributed by atoms with Gasteiger partial charge >= 0.3 is 0 Å². The lowest BCUT2D eigenvalue weighted by molar-refractivity contribution is 0.669. The fourth-order valence-corrected chi connectivity index (χ4v) is 6.82. The molecule has 0 saturated heterocycles. The highest BCUT2D eigenvalue weighted by molar-refractivity contribution is 6.20. The predicted molar refractivity (Wildman–Crippen MR) is 188 cm³/mol. The zero-order chi connectivity index (χ0) is 29.7. The molecule has 2 aromatic heterocycles. The number of anilines is 3. The van der Waals surface area contributed by atoms with E-state index in [1.165, 1.54) is 27.4 Å². The van der Waals surface area contributed by atoms with E-state index in [9.17, 15) is 0 Å². The van der Waals surface area contributed by atoms with E-state index in [0.717, 1.165) is 50.3 Å². The molecule has 0 unspecified atom stereocenters. The van der Waals surface area contributed by atoms with Crippen LogP contribution in [0.1, 0.15) is 0 Å². The molecular formula is C42H28N2O. The Bertz CT molecular complexity index is 2440. The van der Waals surface area contributed by atoms with E-state index < -0.39 is 0 Å². The van der Waals surface area contributed by atoms with Gasteiger partial charge in [0.25, 0.3) is 0 Å². The first-order valence-corrected chi connectivity index (χ1v) is 15.3. The third-order valence-electron chi connectivity index (χ3n) is 8.77. The highest BCUT2D eigenvalue weighted by atomic mass is 16.3. The number of rotatable bonds is 5. The first kappa shape index (κ1) is 25.4. The molecule has 0 amide bonds. The molecule has 0 saturated carbocycles. The summed E-state index contributed by atoms with van der Waals surface area (Å²) in [7, 11) is 0. The van der Waals surface area contributed by atoms with Crippen molar-refractivity contribution >= 4 is 60.8 Å². The molecular weight excluding hydrogens is 548 g/mol. The lowest BCUT2D eigenvalue weighted by Crippen LogP contribution is -2.10. The van der Waals surface area contributed by atoms with Crippen LogP contribution in [0.3, 0.4) is 0 Å². The summed E-state index contributed by atoms with van der Waals surface area (Å²) in [5, 5.41) is 4.67. The van der Waals surface area contributed by atoms with Crippen LogP contribution in [0.2, 0.25) is 0 Å². The Morgan fingerprint density at radius 3 is 1.80 bits per heavy atom. The number of furan rings is 1. The molecule has 3 nitrogen and oxygen atoms in total. The van der Waals surface area contributed by atoms with E-state index in [1.54, 1.807) is 0 Å². The molecule has 3 heteroatoms. The second kappa shape index (κ2) is 10.3. The molecule has 9 rings (SSSR count). The highest BCUT2D eigenvalue weighted by Gasteiger charge is 2.24. The van der Waals surface area contributed by atoms with Crippen LogP contribution in [0.15, 0.2) is 174 Å². The second-order valence-electron chi connectivity index (χ2n) is 11.4. The van der Waals surface area contributed by atoms with E-state index in [4.69, 9.17) is 4.42 Å². The van der Waals surface area contributed by atoms with E-state index in [2.05, 4.69) is 167 Å². The third-order valence-corrected chi connectivity index (χ3v) is 8.77. The molecule has 2 heterocycles. The van der Waals surface area contributed by atoms with Crippen LogP contribution in [0.5, 0.6) is 0 Å². The molecule has 0 aliphatic heterocycles.